The Bertz CT molecular complexity index is 483. The van der Waals surface area contributed by atoms with E-state index in [1.807, 2.05) is 20.8 Å². The van der Waals surface area contributed by atoms with Gasteiger partial charge in [-0.15, -0.1) is 0 Å². The van der Waals surface area contributed by atoms with Gasteiger partial charge in [-0.25, -0.2) is 4.79 Å². The Hall–Kier alpha value is -1.79. The fourth-order valence-electron chi connectivity index (χ4n) is 1.86. The molecule has 0 aliphatic rings. The van der Waals surface area contributed by atoms with Gasteiger partial charge in [-0.1, -0.05) is 13.3 Å². The number of amides is 2. The molecule has 1 unspecified atom stereocenters. The molecule has 6 nitrogen and oxygen atoms in total. The predicted molar refractivity (Wildman–Crippen MR) is 97.6 cm³/mol. The summed E-state index contributed by atoms with van der Waals surface area (Å²) in [6.45, 7) is 9.58. The van der Waals surface area contributed by atoms with Crippen molar-refractivity contribution in [2.75, 3.05) is 25.0 Å². The first-order chi connectivity index (χ1) is 11.3. The number of aliphatic hydroxyl groups excluding tert-OH is 1. The van der Waals surface area contributed by atoms with Crippen molar-refractivity contribution < 1.29 is 14.6 Å². The van der Waals surface area contributed by atoms with Gasteiger partial charge in [-0.05, 0) is 51.5 Å². The topological polar surface area (TPSA) is 82.6 Å². The summed E-state index contributed by atoms with van der Waals surface area (Å²) >= 11 is 0. The summed E-state index contributed by atoms with van der Waals surface area (Å²) in [6.07, 6.45) is 1.43. The van der Waals surface area contributed by atoms with Gasteiger partial charge in [0, 0.05) is 24.3 Å². The van der Waals surface area contributed by atoms with Crippen molar-refractivity contribution in [2.24, 2.45) is 0 Å². The number of aliphatic hydroxyl groups is 1. The van der Waals surface area contributed by atoms with Crippen molar-refractivity contribution in [2.45, 2.75) is 52.2 Å². The van der Waals surface area contributed by atoms with Crippen molar-refractivity contribution in [1.82, 2.24) is 10.6 Å². The molecule has 0 aromatic heterocycles. The molecular formula is C18H31N3O3. The van der Waals surface area contributed by atoms with Crippen molar-refractivity contribution in [3.05, 3.63) is 24.3 Å². The van der Waals surface area contributed by atoms with Crippen LogP contribution in [0.5, 0.6) is 5.75 Å². The Balaban J connectivity index is 2.32. The van der Waals surface area contributed by atoms with E-state index in [0.29, 0.717) is 24.5 Å². The molecule has 0 saturated heterocycles. The van der Waals surface area contributed by atoms with Crippen LogP contribution in [0.2, 0.25) is 0 Å². The highest BCUT2D eigenvalue weighted by molar-refractivity contribution is 5.89. The minimum absolute atomic E-state index is 0.0357. The molecule has 2 amide bonds. The molecule has 1 atom stereocenters. The molecule has 24 heavy (non-hydrogen) atoms. The second-order valence-corrected chi connectivity index (χ2v) is 6.85. The lowest BCUT2D eigenvalue weighted by molar-refractivity contribution is 0.100. The van der Waals surface area contributed by atoms with Gasteiger partial charge in [0.05, 0.1) is 0 Å². The lowest BCUT2D eigenvalue weighted by Crippen LogP contribution is -2.42. The van der Waals surface area contributed by atoms with Gasteiger partial charge >= 0.3 is 6.03 Å². The quantitative estimate of drug-likeness (QED) is 0.522. The van der Waals surface area contributed by atoms with Crippen molar-refractivity contribution in [3.63, 3.8) is 0 Å². The van der Waals surface area contributed by atoms with E-state index in [9.17, 15) is 9.90 Å². The molecule has 1 aromatic rings. The molecule has 0 saturated carbocycles. The highest BCUT2D eigenvalue weighted by Gasteiger charge is 2.12. The fraction of sp³-hybridized carbons (Fsp3) is 0.611. The van der Waals surface area contributed by atoms with Crippen LogP contribution in [0.1, 0.15) is 40.5 Å². The maximum Gasteiger partial charge on any atom is 0.319 e. The first-order valence-electron chi connectivity index (χ1n) is 8.51. The first kappa shape index (κ1) is 20.3. The summed E-state index contributed by atoms with van der Waals surface area (Å²) in [5.74, 6) is 0.654. The third kappa shape index (κ3) is 9.37. The van der Waals surface area contributed by atoms with Crippen LogP contribution in [-0.4, -0.2) is 42.5 Å². The first-order valence-corrected chi connectivity index (χ1v) is 8.51. The number of β-amino-alcohol motifs (C(OH)–C–C–N with tert-alkyl or cyclic N) is 1. The van der Waals surface area contributed by atoms with Crippen LogP contribution in [-0.2, 0) is 0 Å². The summed E-state index contributed by atoms with van der Waals surface area (Å²) in [5, 5.41) is 18.7. The molecule has 6 heteroatoms. The number of unbranched alkanes of at least 4 members (excludes halogenated alkanes) is 1. The molecule has 0 heterocycles. The Kier molecular flexibility index (Phi) is 8.57. The number of hydrogen-bond donors (Lipinski definition) is 4. The van der Waals surface area contributed by atoms with Gasteiger partial charge in [0.2, 0.25) is 0 Å². The predicted octanol–water partition coefficient (Wildman–Crippen LogP) is 2.74. The van der Waals surface area contributed by atoms with E-state index in [-0.39, 0.29) is 18.2 Å². The van der Waals surface area contributed by atoms with Crippen LogP contribution < -0.4 is 20.7 Å². The SMILES string of the molecule is CCCCNC(=O)Nc1ccc(OCC(O)CNC(C)(C)C)cc1. The van der Waals surface area contributed by atoms with Crippen LogP contribution >= 0.6 is 0 Å². The molecule has 136 valence electrons. The third-order valence-corrected chi connectivity index (χ3v) is 3.24. The second kappa shape index (κ2) is 10.2. The van der Waals surface area contributed by atoms with E-state index in [0.717, 1.165) is 12.8 Å². The molecule has 0 aliphatic heterocycles. The maximum absolute atomic E-state index is 11.6. The van der Waals surface area contributed by atoms with Crippen molar-refractivity contribution in [1.29, 1.82) is 0 Å². The number of anilines is 1. The molecule has 0 aliphatic carbocycles. The van der Waals surface area contributed by atoms with Gasteiger partial charge in [-0.2, -0.15) is 0 Å². The van der Waals surface area contributed by atoms with E-state index in [1.165, 1.54) is 0 Å². The summed E-state index contributed by atoms with van der Waals surface area (Å²) in [6, 6.07) is 6.88. The summed E-state index contributed by atoms with van der Waals surface area (Å²) in [5.41, 5.74) is 0.665. The monoisotopic (exact) mass is 337 g/mol. The number of carbonyl (C=O) groups is 1. The van der Waals surface area contributed by atoms with E-state index in [2.05, 4.69) is 22.9 Å². The second-order valence-electron chi connectivity index (χ2n) is 6.85. The van der Waals surface area contributed by atoms with Gasteiger partial charge < -0.3 is 25.8 Å². The normalized spacial score (nSPS) is 12.5. The van der Waals surface area contributed by atoms with E-state index in [4.69, 9.17) is 4.74 Å². The average Bonchev–Trinajstić information content (AvgIpc) is 2.52. The molecule has 1 aromatic carbocycles. The lowest BCUT2D eigenvalue weighted by Gasteiger charge is -2.23. The highest BCUT2D eigenvalue weighted by atomic mass is 16.5. The summed E-state index contributed by atoms with van der Waals surface area (Å²) in [7, 11) is 0. The molecule has 4 N–H and O–H groups in total. The van der Waals surface area contributed by atoms with E-state index >= 15 is 0 Å². The minimum atomic E-state index is -0.577. The largest absolute Gasteiger partial charge is 0.491 e. The molecular weight excluding hydrogens is 306 g/mol. The van der Waals surface area contributed by atoms with Crippen LogP contribution in [0, 0.1) is 0 Å². The number of rotatable bonds is 9. The van der Waals surface area contributed by atoms with Crippen molar-refractivity contribution in [3.8, 4) is 5.75 Å². The Morgan fingerprint density at radius 2 is 1.92 bits per heavy atom. The minimum Gasteiger partial charge on any atom is -0.491 e. The summed E-state index contributed by atoms with van der Waals surface area (Å²) in [4.78, 5) is 11.6. The zero-order chi connectivity index (χ0) is 18.0. The smallest absolute Gasteiger partial charge is 0.319 e. The number of carbonyl (C=O) groups excluding carboxylic acids is 1. The van der Waals surface area contributed by atoms with Gasteiger partial charge in [0.15, 0.2) is 0 Å². The number of ether oxygens (including phenoxy) is 1. The summed E-state index contributed by atoms with van der Waals surface area (Å²) < 4.78 is 5.55. The molecule has 0 spiro atoms. The number of urea groups is 1. The zero-order valence-electron chi connectivity index (χ0n) is 15.2. The van der Waals surface area contributed by atoms with Crippen molar-refractivity contribution >= 4 is 11.7 Å². The third-order valence-electron chi connectivity index (χ3n) is 3.24. The van der Waals surface area contributed by atoms with Crippen LogP contribution in [0.3, 0.4) is 0 Å². The van der Waals surface area contributed by atoms with Gasteiger partial charge in [-0.3, -0.25) is 0 Å². The standard InChI is InChI=1S/C18H31N3O3/c1-5-6-11-19-17(23)21-14-7-9-16(10-8-14)24-13-15(22)12-20-18(2,3)4/h7-10,15,20,22H,5-6,11-13H2,1-4H3,(H2,19,21,23). The molecule has 1 rings (SSSR count). The number of benzene rings is 1. The molecule has 0 bridgehead atoms. The number of hydrogen-bond acceptors (Lipinski definition) is 4. The number of nitrogens with one attached hydrogen (secondary N) is 3. The van der Waals surface area contributed by atoms with Crippen LogP contribution in [0.25, 0.3) is 0 Å². The van der Waals surface area contributed by atoms with E-state index < -0.39 is 6.10 Å². The highest BCUT2D eigenvalue weighted by Crippen LogP contribution is 2.15. The maximum atomic E-state index is 11.6. The zero-order valence-corrected chi connectivity index (χ0v) is 15.2. The molecule has 0 radical (unpaired) electrons. The van der Waals surface area contributed by atoms with Gasteiger partial charge in [0.1, 0.15) is 18.5 Å². The Morgan fingerprint density at radius 3 is 2.50 bits per heavy atom. The fourth-order valence-corrected chi connectivity index (χ4v) is 1.86. The molecule has 0 fully saturated rings. The van der Waals surface area contributed by atoms with Crippen LogP contribution in [0.4, 0.5) is 10.5 Å². The Labute approximate surface area is 145 Å². The Morgan fingerprint density at radius 1 is 1.25 bits per heavy atom. The average molecular weight is 337 g/mol. The van der Waals surface area contributed by atoms with Crippen LogP contribution in [0.15, 0.2) is 24.3 Å². The van der Waals surface area contributed by atoms with E-state index in [1.54, 1.807) is 24.3 Å². The van der Waals surface area contributed by atoms with Gasteiger partial charge in [0.25, 0.3) is 0 Å². The lowest BCUT2D eigenvalue weighted by atomic mass is 10.1.